The van der Waals surface area contributed by atoms with Crippen LogP contribution in [0.3, 0.4) is 0 Å². The zero-order chi connectivity index (χ0) is 30.4. The van der Waals surface area contributed by atoms with Crippen molar-refractivity contribution in [3.8, 4) is 6.07 Å². The normalized spacial score (nSPS) is 13.7. The minimum Gasteiger partial charge on any atom is -0.391 e. The van der Waals surface area contributed by atoms with Gasteiger partial charge in [-0.15, -0.1) is 0 Å². The summed E-state index contributed by atoms with van der Waals surface area (Å²) >= 11 is 0. The maximum atomic E-state index is 13.2. The largest absolute Gasteiger partial charge is 0.391 e. The van der Waals surface area contributed by atoms with Gasteiger partial charge in [-0.25, -0.2) is 0 Å². The first-order valence-electron chi connectivity index (χ1n) is 13.9. The number of benzene rings is 1. The lowest BCUT2D eigenvalue weighted by Crippen LogP contribution is -2.57. The van der Waals surface area contributed by atoms with E-state index in [-0.39, 0.29) is 24.1 Å². The van der Waals surface area contributed by atoms with Crippen LogP contribution in [0.4, 0.5) is 0 Å². The summed E-state index contributed by atoms with van der Waals surface area (Å²) in [7, 11) is 0. The van der Waals surface area contributed by atoms with Gasteiger partial charge in [0.1, 0.15) is 17.8 Å². The Morgan fingerprint density at radius 3 is 2.37 bits per heavy atom. The van der Waals surface area contributed by atoms with Gasteiger partial charge in [0.2, 0.25) is 11.8 Å². The molecule has 0 aliphatic carbocycles. The Labute approximate surface area is 241 Å². The third-order valence-corrected chi connectivity index (χ3v) is 6.22. The molecule has 222 valence electrons. The van der Waals surface area contributed by atoms with E-state index in [0.29, 0.717) is 43.7 Å². The Bertz CT molecular complexity index is 1210. The predicted molar refractivity (Wildman–Crippen MR) is 154 cm³/mol. The van der Waals surface area contributed by atoms with E-state index in [1.165, 1.54) is 13.0 Å². The number of aromatic nitrogens is 1. The summed E-state index contributed by atoms with van der Waals surface area (Å²) in [5.74, 6) is -1.05. The van der Waals surface area contributed by atoms with E-state index in [2.05, 4.69) is 32.5 Å². The second-order valence-corrected chi connectivity index (χ2v) is 10.5. The number of nitrogens with one attached hydrogen (secondary N) is 4. The molecule has 1 unspecified atom stereocenters. The minimum absolute atomic E-state index is 0.0244. The van der Waals surface area contributed by atoms with Gasteiger partial charge in [0.25, 0.3) is 5.91 Å². The highest BCUT2D eigenvalue weighted by atomic mass is 16.5. The van der Waals surface area contributed by atoms with Gasteiger partial charge >= 0.3 is 0 Å². The monoisotopic (exact) mass is 566 g/mol. The molecule has 0 aliphatic rings. The van der Waals surface area contributed by atoms with E-state index in [9.17, 15) is 24.8 Å². The fourth-order valence-corrected chi connectivity index (χ4v) is 4.00. The summed E-state index contributed by atoms with van der Waals surface area (Å²) in [6, 6.07) is 9.15. The quantitative estimate of drug-likeness (QED) is 0.152. The van der Waals surface area contributed by atoms with E-state index in [0.717, 1.165) is 11.1 Å². The van der Waals surface area contributed by atoms with Gasteiger partial charge in [0.15, 0.2) is 5.69 Å². The molecule has 3 amide bonds. The molecule has 0 saturated carbocycles. The number of amides is 3. The molecule has 1 aromatic heterocycles. The third-order valence-electron chi connectivity index (χ3n) is 6.22. The van der Waals surface area contributed by atoms with Crippen molar-refractivity contribution in [2.45, 2.75) is 78.6 Å². The number of allylic oxidation sites excluding steroid dienone is 1. The van der Waals surface area contributed by atoms with Gasteiger partial charge in [-0.2, -0.15) is 5.26 Å². The van der Waals surface area contributed by atoms with Crippen LogP contribution >= 0.6 is 0 Å². The number of aryl methyl sites for hydroxylation is 2. The smallest absolute Gasteiger partial charge is 0.274 e. The van der Waals surface area contributed by atoms with Crippen LogP contribution in [0.25, 0.3) is 0 Å². The van der Waals surface area contributed by atoms with Gasteiger partial charge in [-0.1, -0.05) is 54.9 Å². The maximum Gasteiger partial charge on any atom is 0.274 e. The Kier molecular flexibility index (Phi) is 13.7. The van der Waals surface area contributed by atoms with Gasteiger partial charge < -0.3 is 30.9 Å². The highest BCUT2D eigenvalue weighted by Gasteiger charge is 2.30. The number of nitriles is 1. The van der Waals surface area contributed by atoms with Crippen molar-refractivity contribution in [3.63, 3.8) is 0 Å². The first-order chi connectivity index (χ1) is 19.5. The van der Waals surface area contributed by atoms with Gasteiger partial charge in [0.05, 0.1) is 12.2 Å². The number of rotatable bonds is 16. The third kappa shape index (κ3) is 11.9. The van der Waals surface area contributed by atoms with Crippen molar-refractivity contribution in [2.24, 2.45) is 5.92 Å². The molecule has 1 heterocycles. The molecule has 11 nitrogen and oxygen atoms in total. The Hall–Kier alpha value is -4.01. The van der Waals surface area contributed by atoms with Crippen molar-refractivity contribution in [1.82, 2.24) is 26.4 Å². The lowest BCUT2D eigenvalue weighted by Gasteiger charge is -2.24. The first-order valence-corrected chi connectivity index (χ1v) is 13.9. The van der Waals surface area contributed by atoms with Crippen molar-refractivity contribution < 1.29 is 24.0 Å². The van der Waals surface area contributed by atoms with E-state index in [1.54, 1.807) is 6.92 Å². The van der Waals surface area contributed by atoms with E-state index in [4.69, 9.17) is 4.52 Å². The Morgan fingerprint density at radius 1 is 1.07 bits per heavy atom. The van der Waals surface area contributed by atoms with Crippen molar-refractivity contribution in [3.05, 3.63) is 64.6 Å². The predicted octanol–water partition coefficient (Wildman–Crippen LogP) is 2.44. The van der Waals surface area contributed by atoms with E-state index >= 15 is 0 Å². The molecule has 0 fully saturated rings. The average Bonchev–Trinajstić information content (AvgIpc) is 3.37. The van der Waals surface area contributed by atoms with Crippen LogP contribution in [0.5, 0.6) is 0 Å². The number of carbonyl (C=O) groups excluding carboxylic acids is 3. The molecule has 3 atom stereocenters. The van der Waals surface area contributed by atoms with Crippen LogP contribution in [0.1, 0.15) is 67.4 Å². The van der Waals surface area contributed by atoms with Crippen LogP contribution in [-0.4, -0.2) is 59.3 Å². The molecule has 2 aromatic rings. The number of aliphatic hydroxyl groups is 1. The van der Waals surface area contributed by atoms with E-state index < -0.39 is 30.0 Å². The van der Waals surface area contributed by atoms with Gasteiger partial charge in [0, 0.05) is 24.7 Å². The first kappa shape index (κ1) is 33.2. The highest BCUT2D eigenvalue weighted by Crippen LogP contribution is 2.08. The molecule has 0 bridgehead atoms. The summed E-state index contributed by atoms with van der Waals surface area (Å²) in [5, 5.41) is 34.4. The lowest BCUT2D eigenvalue weighted by molar-refractivity contribution is -0.131. The van der Waals surface area contributed by atoms with Crippen molar-refractivity contribution in [1.29, 1.82) is 5.26 Å². The second kappa shape index (κ2) is 16.9. The number of aliphatic hydroxyl groups excluding tert-OH is 1. The molecule has 41 heavy (non-hydrogen) atoms. The number of hydrogen-bond donors (Lipinski definition) is 5. The summed E-state index contributed by atoms with van der Waals surface area (Å²) < 4.78 is 4.91. The molecule has 5 N–H and O–H groups in total. The second-order valence-electron chi connectivity index (χ2n) is 10.5. The standard InChI is InChI=1S/C30H42N6O5/c1-19(2)14-24(16-31)17-32-13-7-6-8-25(28(38)33-18-23-11-9-20(3)10-12-23)34-30(40)27(22(5)37)35-29(39)26-15-21(4)41-36-26/h9-12,14-15,19,22,25,27,32,37H,6-8,13,17-18H2,1-5H3,(H,33,38)(H,34,40)(H,35,39)/t22?,25-,27-/m0/s1. The lowest BCUT2D eigenvalue weighted by atomic mass is 10.1. The van der Waals surface area contributed by atoms with Crippen LogP contribution < -0.4 is 21.3 Å². The summed E-state index contributed by atoms with van der Waals surface area (Å²) in [6.07, 6.45) is 2.33. The molecular weight excluding hydrogens is 524 g/mol. The molecule has 0 aliphatic heterocycles. The Morgan fingerprint density at radius 2 is 1.78 bits per heavy atom. The number of carbonyl (C=O) groups is 3. The molecule has 0 spiro atoms. The zero-order valence-corrected chi connectivity index (χ0v) is 24.5. The molecule has 1 aromatic carbocycles. The van der Waals surface area contributed by atoms with Gasteiger partial charge in [-0.05, 0) is 58.1 Å². The minimum atomic E-state index is -1.31. The maximum absolute atomic E-state index is 13.2. The van der Waals surface area contributed by atoms with Crippen molar-refractivity contribution >= 4 is 17.7 Å². The summed E-state index contributed by atoms with van der Waals surface area (Å²) in [5.41, 5.74) is 2.67. The average molecular weight is 567 g/mol. The zero-order valence-electron chi connectivity index (χ0n) is 24.5. The summed E-state index contributed by atoms with van der Waals surface area (Å²) in [4.78, 5) is 38.9. The molecule has 2 rings (SSSR count). The summed E-state index contributed by atoms with van der Waals surface area (Å²) in [6.45, 7) is 10.4. The fourth-order valence-electron chi connectivity index (χ4n) is 4.00. The number of nitrogens with zero attached hydrogens (tertiary/aromatic N) is 2. The van der Waals surface area contributed by atoms with E-state index in [1.807, 2.05) is 51.1 Å². The topological polar surface area (TPSA) is 169 Å². The van der Waals surface area contributed by atoms with Gasteiger partial charge in [-0.3, -0.25) is 14.4 Å². The SMILES string of the molecule is Cc1ccc(CNC(=O)[C@H](CCCCNCC(C#N)=CC(C)C)NC(=O)[C@@H](NC(=O)c2cc(C)on2)C(C)O)cc1. The molecule has 0 radical (unpaired) electrons. The van der Waals surface area contributed by atoms with Crippen molar-refractivity contribution in [2.75, 3.05) is 13.1 Å². The molecule has 11 heteroatoms. The fraction of sp³-hybridized carbons (Fsp3) is 0.500. The molecular formula is C30H42N6O5. The Balaban J connectivity index is 2.02. The van der Waals surface area contributed by atoms with Crippen LogP contribution in [-0.2, 0) is 16.1 Å². The van der Waals surface area contributed by atoms with Crippen LogP contribution in [0.2, 0.25) is 0 Å². The number of hydrogen-bond acceptors (Lipinski definition) is 8. The molecule has 0 saturated heterocycles. The van der Waals surface area contributed by atoms with Crippen LogP contribution in [0.15, 0.2) is 46.5 Å². The highest BCUT2D eigenvalue weighted by molar-refractivity contribution is 5.97. The number of unbranched alkanes of at least 4 members (excludes halogenated alkanes) is 1. The van der Waals surface area contributed by atoms with Crippen LogP contribution in [0, 0.1) is 31.1 Å².